The molecule has 1 fully saturated rings. The molecule has 1 amide bonds. The maximum absolute atomic E-state index is 12.4. The highest BCUT2D eigenvalue weighted by molar-refractivity contribution is 5.85. The second-order valence-corrected chi connectivity index (χ2v) is 5.12. The Bertz CT molecular complexity index is 359. The van der Waals surface area contributed by atoms with Crippen LogP contribution in [-0.2, 0) is 9.59 Å². The van der Waals surface area contributed by atoms with Crippen LogP contribution >= 0.6 is 0 Å². The molecule has 5 nitrogen and oxygen atoms in total. The maximum Gasteiger partial charge on any atom is 0.307 e. The Morgan fingerprint density at radius 1 is 1.06 bits per heavy atom. The first-order chi connectivity index (χ1) is 8.59. The summed E-state index contributed by atoms with van der Waals surface area (Å²) in [5.74, 6) is -1.77. The molecule has 5 heteroatoms. The van der Waals surface area contributed by atoms with Crippen LogP contribution in [0.4, 0.5) is 0 Å². The molecule has 18 heavy (non-hydrogen) atoms. The zero-order chi connectivity index (χ0) is 13.1. The summed E-state index contributed by atoms with van der Waals surface area (Å²) in [5, 5.41) is 9.19. The second kappa shape index (κ2) is 5.52. The Kier molecular flexibility index (Phi) is 4.01. The van der Waals surface area contributed by atoms with Gasteiger partial charge in [0.2, 0.25) is 5.91 Å². The molecule has 0 saturated carbocycles. The molecule has 2 rings (SSSR count). The Balaban J connectivity index is 2.03. The summed E-state index contributed by atoms with van der Waals surface area (Å²) in [7, 11) is 2.03. The number of carbonyl (C=O) groups excluding carboxylic acids is 1. The largest absolute Gasteiger partial charge is 0.481 e. The molecule has 0 unspecified atom stereocenters. The van der Waals surface area contributed by atoms with E-state index >= 15 is 0 Å². The van der Waals surface area contributed by atoms with Gasteiger partial charge in [-0.05, 0) is 19.9 Å². The summed E-state index contributed by atoms with van der Waals surface area (Å²) in [6.07, 6.45) is 4.83. The molecule has 1 N–H and O–H groups in total. The van der Waals surface area contributed by atoms with Gasteiger partial charge in [0.1, 0.15) is 0 Å². The molecule has 0 aromatic rings. The first kappa shape index (κ1) is 13.1. The van der Waals surface area contributed by atoms with E-state index in [1.165, 1.54) is 0 Å². The van der Waals surface area contributed by atoms with Crippen LogP contribution in [0.5, 0.6) is 0 Å². The number of carboxylic acids is 1. The smallest absolute Gasteiger partial charge is 0.307 e. The highest BCUT2D eigenvalue weighted by Crippen LogP contribution is 2.28. The van der Waals surface area contributed by atoms with Gasteiger partial charge in [-0.25, -0.2) is 0 Å². The molecule has 2 aliphatic rings. The van der Waals surface area contributed by atoms with Gasteiger partial charge < -0.3 is 14.9 Å². The zero-order valence-corrected chi connectivity index (χ0v) is 10.7. The summed E-state index contributed by atoms with van der Waals surface area (Å²) in [5.41, 5.74) is 0. The third-order valence-corrected chi connectivity index (χ3v) is 3.88. The van der Waals surface area contributed by atoms with Gasteiger partial charge in [-0.2, -0.15) is 0 Å². The van der Waals surface area contributed by atoms with E-state index in [1.807, 2.05) is 24.1 Å². The predicted octanol–water partition coefficient (Wildman–Crippen LogP) is 0.427. The van der Waals surface area contributed by atoms with E-state index in [-0.39, 0.29) is 11.8 Å². The molecule has 1 heterocycles. The first-order valence-corrected chi connectivity index (χ1v) is 6.44. The molecule has 0 aromatic carbocycles. The average Bonchev–Trinajstić information content (AvgIpc) is 2.39. The van der Waals surface area contributed by atoms with Gasteiger partial charge in [-0.3, -0.25) is 9.59 Å². The second-order valence-electron chi connectivity index (χ2n) is 5.12. The lowest BCUT2D eigenvalue weighted by Gasteiger charge is -2.36. The van der Waals surface area contributed by atoms with Crippen LogP contribution in [0.2, 0.25) is 0 Å². The number of aliphatic carboxylic acids is 1. The number of carbonyl (C=O) groups is 2. The monoisotopic (exact) mass is 252 g/mol. The van der Waals surface area contributed by atoms with E-state index in [0.29, 0.717) is 25.9 Å². The van der Waals surface area contributed by atoms with E-state index in [2.05, 4.69) is 4.90 Å². The van der Waals surface area contributed by atoms with Crippen molar-refractivity contribution < 1.29 is 14.7 Å². The predicted molar refractivity (Wildman–Crippen MR) is 67.1 cm³/mol. The molecule has 0 aromatic heterocycles. The van der Waals surface area contributed by atoms with Crippen molar-refractivity contribution in [2.75, 3.05) is 33.2 Å². The van der Waals surface area contributed by atoms with E-state index in [4.69, 9.17) is 0 Å². The highest BCUT2D eigenvalue weighted by atomic mass is 16.4. The Morgan fingerprint density at radius 2 is 1.61 bits per heavy atom. The standard InChI is InChI=1S/C13H20N2O3/c1-14-6-8-15(9-7-14)12(16)10-4-2-3-5-11(10)13(17)18/h2-3,10-11H,4-9H2,1H3,(H,17,18)/t10-,11+/m0/s1. The minimum atomic E-state index is -0.855. The fourth-order valence-electron chi connectivity index (χ4n) is 2.62. The summed E-state index contributed by atoms with van der Waals surface area (Å²) >= 11 is 0. The number of amides is 1. The van der Waals surface area contributed by atoms with Crippen LogP contribution in [0.25, 0.3) is 0 Å². The minimum absolute atomic E-state index is 0.0138. The van der Waals surface area contributed by atoms with Crippen LogP contribution in [0.1, 0.15) is 12.8 Å². The molecule has 0 radical (unpaired) electrons. The van der Waals surface area contributed by atoms with Crippen molar-refractivity contribution in [2.24, 2.45) is 11.8 Å². The van der Waals surface area contributed by atoms with Gasteiger partial charge in [0.05, 0.1) is 11.8 Å². The Morgan fingerprint density at radius 3 is 2.17 bits per heavy atom. The van der Waals surface area contributed by atoms with Crippen LogP contribution < -0.4 is 0 Å². The molecule has 1 aliphatic carbocycles. The quantitative estimate of drug-likeness (QED) is 0.724. The number of likely N-dealkylation sites (N-methyl/N-ethyl adjacent to an activating group) is 1. The van der Waals surface area contributed by atoms with Crippen molar-refractivity contribution in [3.63, 3.8) is 0 Å². The van der Waals surface area contributed by atoms with Gasteiger partial charge in [0.25, 0.3) is 0 Å². The topological polar surface area (TPSA) is 60.9 Å². The van der Waals surface area contributed by atoms with Gasteiger partial charge in [-0.1, -0.05) is 12.2 Å². The van der Waals surface area contributed by atoms with Gasteiger partial charge in [0.15, 0.2) is 0 Å². The van der Waals surface area contributed by atoms with Crippen LogP contribution in [-0.4, -0.2) is 60.0 Å². The van der Waals surface area contributed by atoms with Gasteiger partial charge >= 0.3 is 5.97 Å². The SMILES string of the molecule is CN1CCN(C(=O)[C@H]2CC=CC[C@H]2C(=O)O)CC1. The molecular formula is C13H20N2O3. The number of hydrogen-bond donors (Lipinski definition) is 1. The molecule has 0 spiro atoms. The van der Waals surface area contributed by atoms with Gasteiger partial charge in [-0.15, -0.1) is 0 Å². The lowest BCUT2D eigenvalue weighted by atomic mass is 9.82. The van der Waals surface area contributed by atoms with Crippen LogP contribution in [0.3, 0.4) is 0 Å². The Labute approximate surface area is 107 Å². The number of allylic oxidation sites excluding steroid dienone is 2. The van der Waals surface area contributed by atoms with Crippen LogP contribution in [0.15, 0.2) is 12.2 Å². The molecule has 1 aliphatic heterocycles. The number of carboxylic acid groups (broad SMARTS) is 1. The lowest BCUT2D eigenvalue weighted by molar-refractivity contribution is -0.151. The van der Waals surface area contributed by atoms with E-state index in [1.54, 1.807) is 0 Å². The lowest BCUT2D eigenvalue weighted by Crippen LogP contribution is -2.50. The highest BCUT2D eigenvalue weighted by Gasteiger charge is 2.36. The third kappa shape index (κ3) is 2.72. The fourth-order valence-corrected chi connectivity index (χ4v) is 2.62. The maximum atomic E-state index is 12.4. The van der Waals surface area contributed by atoms with Crippen molar-refractivity contribution >= 4 is 11.9 Å². The fraction of sp³-hybridized carbons (Fsp3) is 0.692. The molecule has 100 valence electrons. The molecule has 2 atom stereocenters. The molecule has 1 saturated heterocycles. The number of piperazine rings is 1. The van der Waals surface area contributed by atoms with Crippen molar-refractivity contribution in [1.29, 1.82) is 0 Å². The van der Waals surface area contributed by atoms with Crippen LogP contribution in [0, 0.1) is 11.8 Å². The van der Waals surface area contributed by atoms with E-state index in [0.717, 1.165) is 13.1 Å². The summed E-state index contributed by atoms with van der Waals surface area (Å²) in [6, 6.07) is 0. The molecule has 0 bridgehead atoms. The van der Waals surface area contributed by atoms with E-state index < -0.39 is 11.9 Å². The first-order valence-electron chi connectivity index (χ1n) is 6.44. The van der Waals surface area contributed by atoms with Crippen molar-refractivity contribution in [1.82, 2.24) is 9.80 Å². The summed E-state index contributed by atoms with van der Waals surface area (Å²) in [6.45, 7) is 3.15. The van der Waals surface area contributed by atoms with E-state index in [9.17, 15) is 14.7 Å². The van der Waals surface area contributed by atoms with Gasteiger partial charge in [0, 0.05) is 26.2 Å². The normalized spacial score (nSPS) is 29.3. The summed E-state index contributed by atoms with van der Waals surface area (Å²) < 4.78 is 0. The minimum Gasteiger partial charge on any atom is -0.481 e. The van der Waals surface area contributed by atoms with Crippen molar-refractivity contribution in [3.8, 4) is 0 Å². The molecular weight excluding hydrogens is 232 g/mol. The number of hydrogen-bond acceptors (Lipinski definition) is 3. The van der Waals surface area contributed by atoms with Crippen molar-refractivity contribution in [2.45, 2.75) is 12.8 Å². The number of nitrogens with zero attached hydrogens (tertiary/aromatic N) is 2. The zero-order valence-electron chi connectivity index (χ0n) is 10.7. The van der Waals surface area contributed by atoms with Crippen molar-refractivity contribution in [3.05, 3.63) is 12.2 Å². The number of rotatable bonds is 2. The summed E-state index contributed by atoms with van der Waals surface area (Å²) in [4.78, 5) is 27.6. The Hall–Kier alpha value is -1.36. The average molecular weight is 252 g/mol. The third-order valence-electron chi connectivity index (χ3n) is 3.88.